The first-order valence-corrected chi connectivity index (χ1v) is 9.25. The number of rotatable bonds is 7. The third-order valence-electron chi connectivity index (χ3n) is 4.36. The van der Waals surface area contributed by atoms with Crippen LogP contribution in [0.5, 0.6) is 0 Å². The Bertz CT molecular complexity index is 928. The molecule has 0 fully saturated rings. The Morgan fingerprint density at radius 1 is 1.21 bits per heavy atom. The fourth-order valence-corrected chi connectivity index (χ4v) is 2.99. The van der Waals surface area contributed by atoms with Crippen LogP contribution in [0.3, 0.4) is 0 Å². The summed E-state index contributed by atoms with van der Waals surface area (Å²) in [7, 11) is -1.55. The molecule has 3 aromatic rings. The SMILES string of the molecule is CC(C)C[C@@H](NC(=O)OCc1ccccc1)c1nc2ccc(B(O)O)cc2[nH]1. The number of ether oxygens (including phenoxy) is 1. The Hall–Kier alpha value is -2.84. The van der Waals surface area contributed by atoms with Crippen molar-refractivity contribution < 1.29 is 19.6 Å². The van der Waals surface area contributed by atoms with E-state index in [0.29, 0.717) is 34.7 Å². The van der Waals surface area contributed by atoms with Crippen LogP contribution in [0.2, 0.25) is 0 Å². The monoisotopic (exact) mass is 381 g/mol. The molecule has 0 aliphatic carbocycles. The van der Waals surface area contributed by atoms with Crippen LogP contribution in [0.25, 0.3) is 11.0 Å². The van der Waals surface area contributed by atoms with E-state index >= 15 is 0 Å². The van der Waals surface area contributed by atoms with Crippen molar-refractivity contribution in [3.8, 4) is 0 Å². The van der Waals surface area contributed by atoms with Crippen LogP contribution in [-0.2, 0) is 11.3 Å². The second-order valence-corrected chi connectivity index (χ2v) is 7.16. The number of benzene rings is 2. The Labute approximate surface area is 163 Å². The smallest absolute Gasteiger partial charge is 0.445 e. The van der Waals surface area contributed by atoms with Gasteiger partial charge in [-0.2, -0.15) is 0 Å². The average Bonchev–Trinajstić information content (AvgIpc) is 3.09. The van der Waals surface area contributed by atoms with Gasteiger partial charge in [0.2, 0.25) is 0 Å². The van der Waals surface area contributed by atoms with Crippen LogP contribution in [0.1, 0.15) is 37.7 Å². The van der Waals surface area contributed by atoms with Gasteiger partial charge < -0.3 is 25.1 Å². The number of fused-ring (bicyclic) bond motifs is 1. The molecule has 0 aliphatic heterocycles. The van der Waals surface area contributed by atoms with Crippen LogP contribution in [0.15, 0.2) is 48.5 Å². The number of aromatic amines is 1. The van der Waals surface area contributed by atoms with E-state index in [1.54, 1.807) is 18.2 Å². The lowest BCUT2D eigenvalue weighted by Gasteiger charge is -2.18. The number of nitrogens with zero attached hydrogens (tertiary/aromatic N) is 1. The average molecular weight is 381 g/mol. The van der Waals surface area contributed by atoms with E-state index < -0.39 is 13.2 Å². The maximum atomic E-state index is 12.3. The highest BCUT2D eigenvalue weighted by molar-refractivity contribution is 6.58. The summed E-state index contributed by atoms with van der Waals surface area (Å²) in [5.74, 6) is 0.924. The first-order valence-electron chi connectivity index (χ1n) is 9.25. The minimum absolute atomic E-state index is 0.193. The van der Waals surface area contributed by atoms with Gasteiger partial charge in [0.05, 0.1) is 17.1 Å². The number of hydrogen-bond donors (Lipinski definition) is 4. The molecule has 0 radical (unpaired) electrons. The lowest BCUT2D eigenvalue weighted by Crippen LogP contribution is -2.30. The summed E-state index contributed by atoms with van der Waals surface area (Å²) in [5, 5.41) is 21.6. The van der Waals surface area contributed by atoms with E-state index in [2.05, 4.69) is 29.1 Å². The number of carbonyl (C=O) groups excluding carboxylic acids is 1. The van der Waals surface area contributed by atoms with E-state index in [9.17, 15) is 14.8 Å². The minimum atomic E-state index is -1.55. The number of H-pyrrole nitrogens is 1. The Morgan fingerprint density at radius 3 is 2.64 bits per heavy atom. The van der Waals surface area contributed by atoms with Gasteiger partial charge in [0.25, 0.3) is 0 Å². The molecule has 0 bridgehead atoms. The fourth-order valence-electron chi connectivity index (χ4n) is 2.99. The molecule has 0 saturated heterocycles. The van der Waals surface area contributed by atoms with E-state index in [1.807, 2.05) is 30.3 Å². The van der Waals surface area contributed by atoms with E-state index in [1.165, 1.54) is 0 Å². The molecule has 8 heteroatoms. The number of alkyl carbamates (subject to hydrolysis) is 1. The quantitative estimate of drug-likeness (QED) is 0.470. The number of hydrogen-bond acceptors (Lipinski definition) is 5. The van der Waals surface area contributed by atoms with Crippen molar-refractivity contribution in [1.82, 2.24) is 15.3 Å². The van der Waals surface area contributed by atoms with Gasteiger partial charge in [-0.3, -0.25) is 0 Å². The van der Waals surface area contributed by atoms with Crippen LogP contribution in [0, 0.1) is 5.92 Å². The second kappa shape index (κ2) is 8.90. The Kier molecular flexibility index (Phi) is 6.33. The van der Waals surface area contributed by atoms with E-state index in [0.717, 1.165) is 5.56 Å². The summed E-state index contributed by atoms with van der Waals surface area (Å²) in [4.78, 5) is 20.0. The summed E-state index contributed by atoms with van der Waals surface area (Å²) in [6, 6.07) is 14.1. The molecule has 146 valence electrons. The zero-order valence-corrected chi connectivity index (χ0v) is 15.9. The highest BCUT2D eigenvalue weighted by Crippen LogP contribution is 2.22. The first kappa shape index (κ1) is 19.9. The van der Waals surface area contributed by atoms with Crippen molar-refractivity contribution in [2.75, 3.05) is 0 Å². The summed E-state index contributed by atoms with van der Waals surface area (Å²) in [6.07, 6.45) is 0.164. The third kappa shape index (κ3) is 5.12. The van der Waals surface area contributed by atoms with Crippen LogP contribution in [0.4, 0.5) is 4.79 Å². The van der Waals surface area contributed by atoms with Gasteiger partial charge in [-0.25, -0.2) is 9.78 Å². The van der Waals surface area contributed by atoms with Crippen molar-refractivity contribution in [3.05, 3.63) is 59.9 Å². The molecule has 0 aliphatic rings. The summed E-state index contributed by atoms with van der Waals surface area (Å²) >= 11 is 0. The van der Waals surface area contributed by atoms with Crippen molar-refractivity contribution >= 4 is 29.7 Å². The van der Waals surface area contributed by atoms with Gasteiger partial charge in [0.15, 0.2) is 0 Å². The highest BCUT2D eigenvalue weighted by Gasteiger charge is 2.21. The molecule has 1 amide bonds. The number of imidazole rings is 1. The van der Waals surface area contributed by atoms with E-state index in [4.69, 9.17) is 4.74 Å². The maximum absolute atomic E-state index is 12.3. The predicted molar refractivity (Wildman–Crippen MR) is 108 cm³/mol. The molecular formula is C20H24BN3O4. The molecule has 28 heavy (non-hydrogen) atoms. The van der Waals surface area contributed by atoms with Gasteiger partial charge in [-0.15, -0.1) is 0 Å². The van der Waals surface area contributed by atoms with Gasteiger partial charge in [0, 0.05) is 0 Å². The lowest BCUT2D eigenvalue weighted by atomic mass is 9.80. The van der Waals surface area contributed by atoms with Gasteiger partial charge in [0.1, 0.15) is 12.4 Å². The van der Waals surface area contributed by atoms with Crippen molar-refractivity contribution in [1.29, 1.82) is 0 Å². The molecule has 1 heterocycles. The summed E-state index contributed by atoms with van der Waals surface area (Å²) in [5.41, 5.74) is 2.65. The molecule has 7 nitrogen and oxygen atoms in total. The topological polar surface area (TPSA) is 107 Å². The number of nitrogens with one attached hydrogen (secondary N) is 2. The maximum Gasteiger partial charge on any atom is 0.488 e. The first-order chi connectivity index (χ1) is 13.4. The molecular weight excluding hydrogens is 357 g/mol. The normalized spacial score (nSPS) is 12.2. The fraction of sp³-hybridized carbons (Fsp3) is 0.300. The molecule has 1 atom stereocenters. The molecule has 0 spiro atoms. The van der Waals surface area contributed by atoms with Crippen LogP contribution >= 0.6 is 0 Å². The number of amides is 1. The van der Waals surface area contributed by atoms with Crippen molar-refractivity contribution in [2.45, 2.75) is 32.9 Å². The molecule has 1 aromatic heterocycles. The number of carbonyl (C=O) groups is 1. The van der Waals surface area contributed by atoms with Gasteiger partial charge in [-0.05, 0) is 35.5 Å². The highest BCUT2D eigenvalue weighted by atomic mass is 16.5. The lowest BCUT2D eigenvalue weighted by molar-refractivity contribution is 0.134. The zero-order chi connectivity index (χ0) is 20.1. The third-order valence-corrected chi connectivity index (χ3v) is 4.36. The van der Waals surface area contributed by atoms with E-state index in [-0.39, 0.29) is 12.6 Å². The largest absolute Gasteiger partial charge is 0.488 e. The summed E-state index contributed by atoms with van der Waals surface area (Å²) < 4.78 is 5.33. The minimum Gasteiger partial charge on any atom is -0.445 e. The Balaban J connectivity index is 1.74. The zero-order valence-electron chi connectivity index (χ0n) is 15.9. The number of aromatic nitrogens is 2. The molecule has 0 saturated carbocycles. The molecule has 2 aromatic carbocycles. The molecule has 3 rings (SSSR count). The van der Waals surface area contributed by atoms with Gasteiger partial charge >= 0.3 is 13.2 Å². The van der Waals surface area contributed by atoms with Crippen molar-refractivity contribution in [3.63, 3.8) is 0 Å². The van der Waals surface area contributed by atoms with Crippen LogP contribution < -0.4 is 10.8 Å². The van der Waals surface area contributed by atoms with Gasteiger partial charge in [-0.1, -0.05) is 50.2 Å². The standard InChI is InChI=1S/C20H24BN3O4/c1-13(2)10-18(24-20(25)28-12-14-6-4-3-5-7-14)19-22-16-9-8-15(21(26)27)11-17(16)23-19/h3-9,11,13,18,26-27H,10,12H2,1-2H3,(H,22,23)(H,24,25)/t18-/m1/s1. The van der Waals surface area contributed by atoms with Crippen LogP contribution in [-0.4, -0.2) is 33.2 Å². The Morgan fingerprint density at radius 2 is 1.96 bits per heavy atom. The molecule has 0 unspecified atom stereocenters. The van der Waals surface area contributed by atoms with Crippen molar-refractivity contribution in [2.24, 2.45) is 5.92 Å². The summed E-state index contributed by atoms with van der Waals surface area (Å²) in [6.45, 7) is 4.32. The molecule has 4 N–H and O–H groups in total. The predicted octanol–water partition coefficient (Wildman–Crippen LogP) is 2.26. The second-order valence-electron chi connectivity index (χ2n) is 7.16.